The van der Waals surface area contributed by atoms with E-state index in [1.165, 1.54) is 6.92 Å². The van der Waals surface area contributed by atoms with Gasteiger partial charge in [-0.2, -0.15) is 0 Å². The van der Waals surface area contributed by atoms with Crippen molar-refractivity contribution in [3.05, 3.63) is 11.1 Å². The van der Waals surface area contributed by atoms with Crippen molar-refractivity contribution >= 4 is 11.9 Å². The van der Waals surface area contributed by atoms with Gasteiger partial charge in [0, 0.05) is 6.42 Å². The molecule has 0 aliphatic carbocycles. The zero-order valence-electron chi connectivity index (χ0n) is 8.36. The minimum Gasteiger partial charge on any atom is -0.462 e. The van der Waals surface area contributed by atoms with Crippen molar-refractivity contribution in [2.45, 2.75) is 19.4 Å². The first-order valence-electron chi connectivity index (χ1n) is 4.85. The average molecular weight is 212 g/mol. The number of ether oxygens (including phenoxy) is 2. The van der Waals surface area contributed by atoms with Gasteiger partial charge in [-0.3, -0.25) is 4.79 Å². The van der Waals surface area contributed by atoms with Crippen LogP contribution in [0.3, 0.4) is 0 Å². The van der Waals surface area contributed by atoms with Crippen molar-refractivity contribution in [1.29, 1.82) is 0 Å². The highest BCUT2D eigenvalue weighted by atomic mass is 16.6. The standard InChI is InChI=1S/C10H12O5/c1-5(11)8-6-2-3-14-9(12)7(6)4-15-10(8)13/h5,8,11H,2-4H2,1H3/t5-,8-/m0/s1. The topological polar surface area (TPSA) is 72.8 Å². The van der Waals surface area contributed by atoms with Gasteiger partial charge in [0.15, 0.2) is 0 Å². The van der Waals surface area contributed by atoms with Gasteiger partial charge in [0.1, 0.15) is 12.5 Å². The van der Waals surface area contributed by atoms with Gasteiger partial charge in [-0.05, 0) is 12.5 Å². The van der Waals surface area contributed by atoms with Crippen LogP contribution >= 0.6 is 0 Å². The predicted molar refractivity (Wildman–Crippen MR) is 48.7 cm³/mol. The lowest BCUT2D eigenvalue weighted by Gasteiger charge is -2.30. The quantitative estimate of drug-likeness (QED) is 0.608. The summed E-state index contributed by atoms with van der Waals surface area (Å²) in [5, 5.41) is 9.49. The number of aliphatic hydroxyl groups excluding tert-OH is 1. The summed E-state index contributed by atoms with van der Waals surface area (Å²) in [5.41, 5.74) is 1.07. The number of hydrogen-bond donors (Lipinski definition) is 1. The largest absolute Gasteiger partial charge is 0.462 e. The SMILES string of the molecule is C[C@H](O)[C@@H]1C(=O)OCC2=C1CCOC2=O. The Labute approximate surface area is 86.7 Å². The molecule has 0 aromatic heterocycles. The van der Waals surface area contributed by atoms with Gasteiger partial charge >= 0.3 is 11.9 Å². The maximum Gasteiger partial charge on any atom is 0.337 e. The fraction of sp³-hybridized carbons (Fsp3) is 0.600. The number of rotatable bonds is 1. The Morgan fingerprint density at radius 1 is 1.40 bits per heavy atom. The molecule has 0 spiro atoms. The first-order chi connectivity index (χ1) is 7.11. The number of esters is 2. The number of carbonyl (C=O) groups is 2. The van der Waals surface area contributed by atoms with E-state index in [9.17, 15) is 14.7 Å². The van der Waals surface area contributed by atoms with Crippen LogP contribution in [0.15, 0.2) is 11.1 Å². The van der Waals surface area contributed by atoms with Gasteiger partial charge in [-0.15, -0.1) is 0 Å². The monoisotopic (exact) mass is 212 g/mol. The minimum atomic E-state index is -0.839. The summed E-state index contributed by atoms with van der Waals surface area (Å²) in [6.07, 6.45) is -0.333. The fourth-order valence-corrected chi connectivity index (χ4v) is 1.98. The predicted octanol–water partition coefficient (Wildman–Crippen LogP) is -0.216. The van der Waals surface area contributed by atoms with Crippen molar-refractivity contribution in [3.63, 3.8) is 0 Å². The van der Waals surface area contributed by atoms with E-state index in [1.807, 2.05) is 0 Å². The molecule has 0 saturated carbocycles. The molecule has 2 atom stereocenters. The third kappa shape index (κ3) is 1.63. The molecule has 0 radical (unpaired) electrons. The third-order valence-corrected chi connectivity index (χ3v) is 2.71. The lowest BCUT2D eigenvalue weighted by atomic mass is 9.85. The Morgan fingerprint density at radius 3 is 2.80 bits per heavy atom. The Balaban J connectivity index is 2.40. The second-order valence-corrected chi connectivity index (χ2v) is 3.72. The molecule has 5 heteroatoms. The first kappa shape index (κ1) is 10.2. The third-order valence-electron chi connectivity index (χ3n) is 2.71. The van der Waals surface area contributed by atoms with Gasteiger partial charge in [0.2, 0.25) is 0 Å². The maximum atomic E-state index is 11.4. The summed E-state index contributed by atoms with van der Waals surface area (Å²) in [5.74, 6) is -1.60. The number of cyclic esters (lactones) is 2. The van der Waals surface area contributed by atoms with E-state index in [2.05, 4.69) is 0 Å². The van der Waals surface area contributed by atoms with Crippen LogP contribution < -0.4 is 0 Å². The van der Waals surface area contributed by atoms with Crippen LogP contribution in [0.4, 0.5) is 0 Å². The van der Waals surface area contributed by atoms with Gasteiger partial charge in [0.05, 0.1) is 18.3 Å². The average Bonchev–Trinajstić information content (AvgIpc) is 2.17. The van der Waals surface area contributed by atoms with Gasteiger partial charge < -0.3 is 14.6 Å². The summed E-state index contributed by atoms with van der Waals surface area (Å²) in [4.78, 5) is 22.8. The fourth-order valence-electron chi connectivity index (χ4n) is 1.98. The Hall–Kier alpha value is -1.36. The van der Waals surface area contributed by atoms with Crippen molar-refractivity contribution in [1.82, 2.24) is 0 Å². The number of hydrogen-bond acceptors (Lipinski definition) is 5. The molecule has 0 unspecified atom stereocenters. The van der Waals surface area contributed by atoms with Crippen molar-refractivity contribution in [2.75, 3.05) is 13.2 Å². The summed E-state index contributed by atoms with van der Waals surface area (Å²) in [6.45, 7) is 1.76. The summed E-state index contributed by atoms with van der Waals surface area (Å²) in [7, 11) is 0. The highest BCUT2D eigenvalue weighted by molar-refractivity contribution is 5.94. The molecule has 1 N–H and O–H groups in total. The molecule has 5 nitrogen and oxygen atoms in total. The van der Waals surface area contributed by atoms with E-state index in [0.717, 1.165) is 0 Å². The van der Waals surface area contributed by atoms with E-state index in [1.54, 1.807) is 0 Å². The molecule has 0 fully saturated rings. The first-order valence-corrected chi connectivity index (χ1v) is 4.85. The molecule has 2 aliphatic rings. The molecule has 82 valence electrons. The molecule has 0 bridgehead atoms. The van der Waals surface area contributed by atoms with Crippen LogP contribution in [-0.4, -0.2) is 36.4 Å². The van der Waals surface area contributed by atoms with Crippen molar-refractivity contribution in [3.8, 4) is 0 Å². The lowest BCUT2D eigenvalue weighted by molar-refractivity contribution is -0.154. The summed E-state index contributed by atoms with van der Waals surface area (Å²) < 4.78 is 9.67. The molecular formula is C10H12O5. The van der Waals surface area contributed by atoms with Gasteiger partial charge in [-0.1, -0.05) is 0 Å². The summed E-state index contributed by atoms with van der Waals surface area (Å²) >= 11 is 0. The highest BCUT2D eigenvalue weighted by Gasteiger charge is 2.39. The molecule has 0 saturated heterocycles. The molecule has 15 heavy (non-hydrogen) atoms. The van der Waals surface area contributed by atoms with Crippen LogP contribution in [0.1, 0.15) is 13.3 Å². The van der Waals surface area contributed by atoms with Crippen LogP contribution in [-0.2, 0) is 19.1 Å². The number of aliphatic hydroxyl groups is 1. The van der Waals surface area contributed by atoms with E-state index >= 15 is 0 Å². The van der Waals surface area contributed by atoms with Gasteiger partial charge in [-0.25, -0.2) is 4.79 Å². The van der Waals surface area contributed by atoms with Gasteiger partial charge in [0.25, 0.3) is 0 Å². The Kier molecular flexibility index (Phi) is 2.48. The van der Waals surface area contributed by atoms with E-state index in [0.29, 0.717) is 17.6 Å². The zero-order chi connectivity index (χ0) is 11.0. The second-order valence-electron chi connectivity index (χ2n) is 3.72. The van der Waals surface area contributed by atoms with Crippen LogP contribution in [0.5, 0.6) is 0 Å². The van der Waals surface area contributed by atoms with Crippen LogP contribution in [0, 0.1) is 5.92 Å². The van der Waals surface area contributed by atoms with Crippen LogP contribution in [0.2, 0.25) is 0 Å². The van der Waals surface area contributed by atoms with Crippen molar-refractivity contribution in [2.24, 2.45) is 5.92 Å². The second kappa shape index (κ2) is 3.66. The molecule has 0 aromatic rings. The Bertz CT molecular complexity index is 342. The normalized spacial score (nSPS) is 28.0. The lowest BCUT2D eigenvalue weighted by Crippen LogP contribution is -2.39. The molecule has 0 amide bonds. The smallest absolute Gasteiger partial charge is 0.337 e. The number of carbonyl (C=O) groups excluding carboxylic acids is 2. The van der Waals surface area contributed by atoms with E-state index in [-0.39, 0.29) is 13.2 Å². The van der Waals surface area contributed by atoms with Crippen molar-refractivity contribution < 1.29 is 24.2 Å². The molecular weight excluding hydrogens is 200 g/mol. The highest BCUT2D eigenvalue weighted by Crippen LogP contribution is 2.31. The van der Waals surface area contributed by atoms with E-state index in [4.69, 9.17) is 9.47 Å². The molecule has 2 heterocycles. The van der Waals surface area contributed by atoms with Crippen LogP contribution in [0.25, 0.3) is 0 Å². The van der Waals surface area contributed by atoms with E-state index < -0.39 is 24.0 Å². The molecule has 0 aromatic carbocycles. The Morgan fingerprint density at radius 2 is 2.13 bits per heavy atom. The molecule has 2 aliphatic heterocycles. The minimum absolute atomic E-state index is 0.0315. The zero-order valence-corrected chi connectivity index (χ0v) is 8.36. The maximum absolute atomic E-state index is 11.4. The summed E-state index contributed by atoms with van der Waals surface area (Å²) in [6, 6.07) is 0. The molecule has 2 rings (SSSR count).